The molecule has 0 N–H and O–H groups in total. The number of ether oxygens (including phenoxy) is 3. The second kappa shape index (κ2) is 14.7. The van der Waals surface area contributed by atoms with Crippen LogP contribution in [0.5, 0.6) is 0 Å². The van der Waals surface area contributed by atoms with Crippen LogP contribution in [0.25, 0.3) is 33.3 Å². The van der Waals surface area contributed by atoms with E-state index in [0.29, 0.717) is 34.6 Å². The summed E-state index contributed by atoms with van der Waals surface area (Å²) >= 11 is 0. The van der Waals surface area contributed by atoms with E-state index in [1.54, 1.807) is 13.0 Å². The van der Waals surface area contributed by atoms with Crippen molar-refractivity contribution in [3.8, 4) is 0 Å². The minimum Gasteiger partial charge on any atom is -0.664 e. The molecule has 11 heteroatoms. The number of carbonyl (C=O) groups is 3. The minimum absolute atomic E-state index is 0. The molecule has 0 saturated heterocycles. The normalized spacial score (nSPS) is 16.2. The van der Waals surface area contributed by atoms with Crippen LogP contribution in [0.3, 0.4) is 0 Å². The van der Waals surface area contributed by atoms with Crippen LogP contribution in [0, 0.1) is 6.92 Å². The summed E-state index contributed by atoms with van der Waals surface area (Å²) in [6.07, 6.45) is 2.86. The third-order valence-electron chi connectivity index (χ3n) is 9.40. The van der Waals surface area contributed by atoms with E-state index >= 15 is 0 Å². The quantitative estimate of drug-likeness (QED) is 0.185. The maximum atomic E-state index is 13.4. The van der Waals surface area contributed by atoms with Gasteiger partial charge in [-0.25, -0.2) is 14.8 Å². The summed E-state index contributed by atoms with van der Waals surface area (Å²) in [5, 5.41) is 0. The van der Waals surface area contributed by atoms with Gasteiger partial charge < -0.3 is 24.2 Å². The van der Waals surface area contributed by atoms with Crippen molar-refractivity contribution in [3.63, 3.8) is 0 Å². The summed E-state index contributed by atoms with van der Waals surface area (Å²) in [5.41, 5.74) is 10.3. The summed E-state index contributed by atoms with van der Waals surface area (Å²) in [7, 11) is 3.97. The first-order valence-electron chi connectivity index (χ1n) is 15.7. The van der Waals surface area contributed by atoms with Crippen LogP contribution in [0.1, 0.15) is 103 Å². The second-order valence-electron chi connectivity index (χ2n) is 11.9. The van der Waals surface area contributed by atoms with Crippen molar-refractivity contribution in [2.75, 3.05) is 21.3 Å². The molecular formula is C37H40CuN4O6. The smallest absolute Gasteiger partial charge is 0.664 e. The number of hydrogen-bond acceptors (Lipinski definition) is 8. The molecule has 3 aliphatic heterocycles. The number of allylic oxidation sites excluding steroid dienone is 4. The molecule has 5 heterocycles. The maximum Gasteiger partial charge on any atom is 2.00 e. The molecule has 2 atom stereocenters. The monoisotopic (exact) mass is 699 g/mol. The molecule has 2 aromatic rings. The van der Waals surface area contributed by atoms with Gasteiger partial charge in [0.15, 0.2) is 0 Å². The van der Waals surface area contributed by atoms with Crippen molar-refractivity contribution in [1.82, 2.24) is 19.9 Å². The molecular weight excluding hydrogens is 660 g/mol. The van der Waals surface area contributed by atoms with E-state index in [0.717, 1.165) is 56.8 Å². The van der Waals surface area contributed by atoms with Gasteiger partial charge in [0.05, 0.1) is 56.1 Å². The molecule has 48 heavy (non-hydrogen) atoms. The largest absolute Gasteiger partial charge is 2.00 e. The second-order valence-corrected chi connectivity index (χ2v) is 11.9. The third kappa shape index (κ3) is 6.49. The number of nitrogens with zero attached hydrogens (tertiary/aromatic N) is 4. The Bertz CT molecular complexity index is 1950. The Morgan fingerprint density at radius 2 is 1.54 bits per heavy atom. The number of rotatable bonds is 8. The average molecular weight is 700 g/mol. The zero-order valence-electron chi connectivity index (χ0n) is 28.5. The van der Waals surface area contributed by atoms with Gasteiger partial charge in [0.25, 0.3) is 0 Å². The van der Waals surface area contributed by atoms with Gasteiger partial charge in [0, 0.05) is 12.0 Å². The van der Waals surface area contributed by atoms with Crippen molar-refractivity contribution in [1.29, 1.82) is 0 Å². The SMILES string of the molecule is C=CC1=C(C)c2cc3[n-]c(c(CC(=O)OC)c4nc(cc5[n-]c(cc1n2)c(C)c5CC)C(C)=C4C(=O)OC)C(CCC(=O)OC)C3C.[Cu+2]. The van der Waals surface area contributed by atoms with Gasteiger partial charge in [0.1, 0.15) is 0 Å². The Hall–Kier alpha value is -4.47. The van der Waals surface area contributed by atoms with Crippen molar-refractivity contribution in [2.24, 2.45) is 0 Å². The molecule has 10 nitrogen and oxygen atoms in total. The van der Waals surface area contributed by atoms with E-state index in [4.69, 9.17) is 34.1 Å². The zero-order valence-corrected chi connectivity index (χ0v) is 29.5. The molecule has 3 aliphatic rings. The minimum atomic E-state index is -0.587. The van der Waals surface area contributed by atoms with Crippen LogP contribution in [0.4, 0.5) is 0 Å². The zero-order chi connectivity index (χ0) is 34.2. The van der Waals surface area contributed by atoms with Crippen LogP contribution in [-0.4, -0.2) is 49.2 Å². The molecule has 2 aromatic heterocycles. The Morgan fingerprint density at radius 1 is 0.875 bits per heavy atom. The molecule has 0 aromatic carbocycles. The number of aryl methyl sites for hydroxylation is 2. The van der Waals surface area contributed by atoms with E-state index in [1.165, 1.54) is 21.3 Å². The fourth-order valence-corrected chi connectivity index (χ4v) is 6.62. The standard InChI is InChI=1S/C37H41N4O6.Cu/c1-10-22-18(3)26-15-28-20(5)24(12-13-32(42)45-7)35(40-28)25(14-33(43)46-8)36-34(37(44)47-9)21(6)29(41-36)17-31-23(11-2)19(4)27(39-31)16-30(22)38-26;/h10,15-17,20,24H,1,11-14H2,2-9H3,(H-,38,39,40,41,44);/q-1;+2/p-1. The van der Waals surface area contributed by atoms with Crippen LogP contribution < -0.4 is 9.97 Å². The summed E-state index contributed by atoms with van der Waals surface area (Å²) < 4.78 is 15.3. The van der Waals surface area contributed by atoms with Crippen LogP contribution in [0.15, 0.2) is 30.9 Å². The Balaban J connectivity index is 0.00000520. The predicted octanol–water partition coefficient (Wildman–Crippen LogP) is 5.94. The summed E-state index contributed by atoms with van der Waals surface area (Å²) in [6, 6.07) is 5.80. The van der Waals surface area contributed by atoms with Gasteiger partial charge in [-0.05, 0) is 62.2 Å². The number of aromatic nitrogens is 4. The third-order valence-corrected chi connectivity index (χ3v) is 9.40. The molecule has 0 spiro atoms. The number of carbonyl (C=O) groups excluding carboxylic acids is 3. The van der Waals surface area contributed by atoms with Crippen molar-refractivity contribution in [2.45, 2.75) is 72.1 Å². The molecule has 0 saturated carbocycles. The molecule has 2 unspecified atom stereocenters. The summed E-state index contributed by atoms with van der Waals surface area (Å²) in [5.74, 6) is -1.95. The molecule has 5 rings (SSSR count). The molecule has 255 valence electrons. The first-order valence-corrected chi connectivity index (χ1v) is 15.7. The van der Waals surface area contributed by atoms with Gasteiger partial charge >= 0.3 is 35.0 Å². The number of hydrogen-bond donors (Lipinski definition) is 0. The molecule has 8 bridgehead atoms. The average Bonchev–Trinajstić information content (AvgIpc) is 3.74. The Kier molecular flexibility index (Phi) is 11.2. The van der Waals surface area contributed by atoms with E-state index in [2.05, 4.69) is 13.5 Å². The molecule has 0 aliphatic carbocycles. The number of fused-ring (bicyclic) bond motifs is 8. The van der Waals surface area contributed by atoms with Gasteiger partial charge in [0.2, 0.25) is 0 Å². The Labute approximate surface area is 291 Å². The number of esters is 3. The van der Waals surface area contributed by atoms with Gasteiger partial charge in [-0.1, -0.05) is 55.8 Å². The van der Waals surface area contributed by atoms with Crippen molar-refractivity contribution in [3.05, 3.63) is 81.7 Å². The molecule has 0 amide bonds. The summed E-state index contributed by atoms with van der Waals surface area (Å²) in [6.45, 7) is 14.0. The maximum absolute atomic E-state index is 13.4. The van der Waals surface area contributed by atoms with E-state index in [9.17, 15) is 14.4 Å². The van der Waals surface area contributed by atoms with Crippen LogP contribution >= 0.6 is 0 Å². The van der Waals surface area contributed by atoms with Gasteiger partial charge in [-0.2, -0.15) is 5.69 Å². The Morgan fingerprint density at radius 3 is 2.17 bits per heavy atom. The fraction of sp³-hybridized carbons (Fsp3) is 0.378. The fourth-order valence-electron chi connectivity index (χ4n) is 6.62. The first-order chi connectivity index (χ1) is 22.5. The predicted molar refractivity (Wildman–Crippen MR) is 180 cm³/mol. The van der Waals surface area contributed by atoms with Gasteiger partial charge in [-0.15, -0.1) is 16.7 Å². The van der Waals surface area contributed by atoms with E-state index < -0.39 is 11.9 Å². The van der Waals surface area contributed by atoms with Crippen molar-refractivity contribution >= 4 is 51.2 Å². The number of methoxy groups -OCH3 is 3. The molecule has 1 radical (unpaired) electrons. The van der Waals surface area contributed by atoms with Crippen LogP contribution in [-0.2, 0) is 58.5 Å². The topological polar surface area (TPSA) is 133 Å². The van der Waals surface area contributed by atoms with Crippen molar-refractivity contribution < 1.29 is 45.7 Å². The van der Waals surface area contributed by atoms with E-state index in [1.807, 2.05) is 39.0 Å². The van der Waals surface area contributed by atoms with Crippen LogP contribution in [0.2, 0.25) is 0 Å². The summed E-state index contributed by atoms with van der Waals surface area (Å²) in [4.78, 5) is 58.9. The first kappa shape index (κ1) is 36.4. The van der Waals surface area contributed by atoms with E-state index in [-0.39, 0.29) is 53.3 Å². The van der Waals surface area contributed by atoms with Gasteiger partial charge in [-0.3, -0.25) is 9.59 Å². The molecule has 0 fully saturated rings.